The number of carbonyl (C=O) groups excluding carboxylic acids is 1. The zero-order valence-electron chi connectivity index (χ0n) is 18.2. The van der Waals surface area contributed by atoms with E-state index in [1.54, 1.807) is 6.07 Å². The molecule has 0 saturated heterocycles. The molecule has 0 saturated carbocycles. The van der Waals surface area contributed by atoms with Crippen molar-refractivity contribution in [3.63, 3.8) is 0 Å². The Morgan fingerprint density at radius 1 is 0.871 bits per heavy atom. The molecule has 4 rings (SSSR count). The summed E-state index contributed by atoms with van der Waals surface area (Å²) in [7, 11) is 0. The Labute approximate surface area is 184 Å². The smallest absolute Gasteiger partial charge is 0.254 e. The van der Waals surface area contributed by atoms with Crippen LogP contribution >= 0.6 is 0 Å². The molecule has 6 nitrogen and oxygen atoms in total. The largest absolute Gasteiger partial charge is 0.486 e. The van der Waals surface area contributed by atoms with E-state index in [2.05, 4.69) is 6.92 Å². The lowest BCUT2D eigenvalue weighted by atomic mass is 10.1. The first kappa shape index (κ1) is 21.3. The maximum absolute atomic E-state index is 13.5. The lowest BCUT2D eigenvalue weighted by Gasteiger charge is -2.25. The molecule has 31 heavy (non-hydrogen) atoms. The fourth-order valence-electron chi connectivity index (χ4n) is 4.02. The van der Waals surface area contributed by atoms with Crippen LogP contribution in [0.25, 0.3) is 0 Å². The molecule has 0 N–H and O–H groups in total. The third-order valence-corrected chi connectivity index (χ3v) is 5.70. The van der Waals surface area contributed by atoms with Crippen molar-refractivity contribution in [2.45, 2.75) is 52.0 Å². The molecule has 0 fully saturated rings. The van der Waals surface area contributed by atoms with E-state index in [0.717, 1.165) is 29.9 Å². The van der Waals surface area contributed by atoms with E-state index in [4.69, 9.17) is 18.9 Å². The van der Waals surface area contributed by atoms with E-state index in [9.17, 15) is 4.79 Å². The molecule has 1 amide bonds. The van der Waals surface area contributed by atoms with Crippen molar-refractivity contribution < 1.29 is 23.7 Å². The first-order valence-electron chi connectivity index (χ1n) is 11.3. The predicted molar refractivity (Wildman–Crippen MR) is 118 cm³/mol. The third kappa shape index (κ3) is 5.24. The molecule has 2 aliphatic heterocycles. The minimum Gasteiger partial charge on any atom is -0.486 e. The second-order valence-corrected chi connectivity index (χ2v) is 8.00. The summed E-state index contributed by atoms with van der Waals surface area (Å²) in [5, 5.41) is 0. The van der Waals surface area contributed by atoms with Crippen molar-refractivity contribution in [1.29, 1.82) is 0 Å². The summed E-state index contributed by atoms with van der Waals surface area (Å²) in [6.07, 6.45) is 7.06. The number of ether oxygens (including phenoxy) is 4. The fraction of sp³-hybridized carbons (Fsp3) is 0.480. The molecule has 166 valence electrons. The Balaban J connectivity index is 1.49. The van der Waals surface area contributed by atoms with Gasteiger partial charge in [0.1, 0.15) is 13.2 Å². The van der Waals surface area contributed by atoms with Gasteiger partial charge in [0.2, 0.25) is 6.79 Å². The molecular weight excluding hydrogens is 394 g/mol. The summed E-state index contributed by atoms with van der Waals surface area (Å²) in [5.41, 5.74) is 1.58. The van der Waals surface area contributed by atoms with Crippen molar-refractivity contribution in [3.05, 3.63) is 47.5 Å². The molecule has 2 aliphatic rings. The standard InChI is InChI=1S/C25H31NO5/c1-2-3-4-5-6-7-13-26(17-20-9-8-10-22-24(20)31-18-30-22)25(27)19-11-12-21-23(16-19)29-15-14-28-21/h8-12,16H,2-7,13-15,17-18H2,1H3. The molecule has 0 unspecified atom stereocenters. The average molecular weight is 426 g/mol. The van der Waals surface area contributed by atoms with Crippen LogP contribution in [0.3, 0.4) is 0 Å². The second kappa shape index (κ2) is 10.4. The van der Waals surface area contributed by atoms with Gasteiger partial charge < -0.3 is 23.8 Å². The van der Waals surface area contributed by atoms with Crippen LogP contribution in [0, 0.1) is 0 Å². The van der Waals surface area contributed by atoms with Gasteiger partial charge >= 0.3 is 0 Å². The summed E-state index contributed by atoms with van der Waals surface area (Å²) in [5.74, 6) is 2.79. The van der Waals surface area contributed by atoms with Crippen LogP contribution in [0.1, 0.15) is 61.4 Å². The zero-order chi connectivity index (χ0) is 21.5. The molecule has 0 aliphatic carbocycles. The second-order valence-electron chi connectivity index (χ2n) is 8.00. The van der Waals surface area contributed by atoms with E-state index in [1.807, 2.05) is 35.2 Å². The quantitative estimate of drug-likeness (QED) is 0.491. The van der Waals surface area contributed by atoms with Crippen LogP contribution in [0.15, 0.2) is 36.4 Å². The minimum absolute atomic E-state index is 0.0120. The Kier molecular flexibility index (Phi) is 7.18. The molecular formula is C25H31NO5. The fourth-order valence-corrected chi connectivity index (χ4v) is 4.02. The summed E-state index contributed by atoms with van der Waals surface area (Å²) in [4.78, 5) is 15.4. The Bertz CT molecular complexity index is 897. The van der Waals surface area contributed by atoms with Crippen LogP contribution in [0.2, 0.25) is 0 Å². The SMILES string of the molecule is CCCCCCCCN(Cc1cccc2c1OCO2)C(=O)c1ccc2c(c1)OCCO2. The summed E-state index contributed by atoms with van der Waals surface area (Å²) in [6.45, 7) is 4.65. The number of hydrogen-bond donors (Lipinski definition) is 0. The highest BCUT2D eigenvalue weighted by molar-refractivity contribution is 5.95. The normalized spacial score (nSPS) is 13.8. The predicted octanol–water partition coefficient (Wildman–Crippen LogP) is 5.19. The van der Waals surface area contributed by atoms with Gasteiger partial charge in [-0.25, -0.2) is 0 Å². The topological polar surface area (TPSA) is 57.2 Å². The molecule has 2 heterocycles. The monoisotopic (exact) mass is 425 g/mol. The van der Waals surface area contributed by atoms with Gasteiger partial charge in [0.15, 0.2) is 23.0 Å². The Morgan fingerprint density at radius 3 is 2.55 bits per heavy atom. The maximum atomic E-state index is 13.5. The van der Waals surface area contributed by atoms with Crippen molar-refractivity contribution in [1.82, 2.24) is 4.90 Å². The van der Waals surface area contributed by atoms with Crippen molar-refractivity contribution in [3.8, 4) is 23.0 Å². The summed E-state index contributed by atoms with van der Waals surface area (Å²) < 4.78 is 22.4. The van der Waals surface area contributed by atoms with Crippen LogP contribution in [-0.4, -0.2) is 37.4 Å². The van der Waals surface area contributed by atoms with Gasteiger partial charge in [0, 0.05) is 24.2 Å². The van der Waals surface area contributed by atoms with Crippen molar-refractivity contribution in [2.75, 3.05) is 26.6 Å². The van der Waals surface area contributed by atoms with Gasteiger partial charge in [-0.05, 0) is 30.7 Å². The molecule has 0 radical (unpaired) electrons. The highest BCUT2D eigenvalue weighted by Crippen LogP contribution is 2.36. The third-order valence-electron chi connectivity index (χ3n) is 5.70. The Hall–Kier alpha value is -2.89. The molecule has 0 atom stereocenters. The molecule has 0 aromatic heterocycles. The average Bonchev–Trinajstić information content (AvgIpc) is 3.29. The van der Waals surface area contributed by atoms with Gasteiger partial charge in [0.25, 0.3) is 5.91 Å². The van der Waals surface area contributed by atoms with Crippen molar-refractivity contribution in [2.24, 2.45) is 0 Å². The zero-order valence-corrected chi connectivity index (χ0v) is 18.2. The van der Waals surface area contributed by atoms with Crippen LogP contribution in [-0.2, 0) is 6.54 Å². The highest BCUT2D eigenvalue weighted by Gasteiger charge is 2.23. The highest BCUT2D eigenvalue weighted by atomic mass is 16.7. The number of rotatable bonds is 10. The first-order valence-corrected chi connectivity index (χ1v) is 11.3. The number of hydrogen-bond acceptors (Lipinski definition) is 5. The molecule has 0 spiro atoms. The molecule has 2 aromatic carbocycles. The number of carbonyl (C=O) groups is 1. The molecule has 6 heteroatoms. The number of benzene rings is 2. The Morgan fingerprint density at radius 2 is 1.68 bits per heavy atom. The van der Waals surface area contributed by atoms with E-state index >= 15 is 0 Å². The van der Waals surface area contributed by atoms with E-state index in [0.29, 0.717) is 43.4 Å². The van der Waals surface area contributed by atoms with Gasteiger partial charge in [-0.1, -0.05) is 51.2 Å². The number of para-hydroxylation sites is 1. The lowest BCUT2D eigenvalue weighted by Crippen LogP contribution is -2.32. The number of unbranched alkanes of at least 4 members (excludes halogenated alkanes) is 5. The minimum atomic E-state index is -0.0120. The maximum Gasteiger partial charge on any atom is 0.254 e. The number of fused-ring (bicyclic) bond motifs is 2. The lowest BCUT2D eigenvalue weighted by molar-refractivity contribution is 0.0737. The summed E-state index contributed by atoms with van der Waals surface area (Å²) in [6, 6.07) is 11.3. The van der Waals surface area contributed by atoms with E-state index in [-0.39, 0.29) is 12.7 Å². The first-order chi connectivity index (χ1) is 15.3. The van der Waals surface area contributed by atoms with E-state index < -0.39 is 0 Å². The number of amides is 1. The van der Waals surface area contributed by atoms with E-state index in [1.165, 1.54) is 25.7 Å². The van der Waals surface area contributed by atoms with Crippen LogP contribution in [0.5, 0.6) is 23.0 Å². The molecule has 2 aromatic rings. The van der Waals surface area contributed by atoms with Gasteiger partial charge in [-0.15, -0.1) is 0 Å². The van der Waals surface area contributed by atoms with Gasteiger partial charge in [0.05, 0.1) is 0 Å². The number of nitrogens with zero attached hydrogens (tertiary/aromatic N) is 1. The van der Waals surface area contributed by atoms with Crippen LogP contribution < -0.4 is 18.9 Å². The van der Waals surface area contributed by atoms with Crippen molar-refractivity contribution >= 4 is 5.91 Å². The molecule has 0 bridgehead atoms. The summed E-state index contributed by atoms with van der Waals surface area (Å²) >= 11 is 0. The van der Waals surface area contributed by atoms with Gasteiger partial charge in [-0.2, -0.15) is 0 Å². The van der Waals surface area contributed by atoms with Crippen LogP contribution in [0.4, 0.5) is 0 Å². The van der Waals surface area contributed by atoms with Gasteiger partial charge in [-0.3, -0.25) is 4.79 Å².